The molecule has 0 heterocycles. The predicted molar refractivity (Wildman–Crippen MR) is 92.9 cm³/mol. The lowest BCUT2D eigenvalue weighted by Crippen LogP contribution is -2.45. The van der Waals surface area contributed by atoms with Crippen LogP contribution in [0, 0.1) is 0 Å². The number of halogens is 1. The Morgan fingerprint density at radius 3 is 2.56 bits per heavy atom. The summed E-state index contributed by atoms with van der Waals surface area (Å²) in [7, 11) is 1.37. The van der Waals surface area contributed by atoms with Crippen LogP contribution in [0.25, 0.3) is 0 Å². The van der Waals surface area contributed by atoms with Gasteiger partial charge in [-0.15, -0.1) is 0 Å². The fraction of sp³-hybridized carbons (Fsp3) is 0.438. The molecule has 1 atom stereocenters. The van der Waals surface area contributed by atoms with Gasteiger partial charge in [-0.25, -0.2) is 0 Å². The van der Waals surface area contributed by atoms with Gasteiger partial charge < -0.3 is 25.8 Å². The number of nitrogens with two attached hydrogens (primary N) is 1. The number of methoxy groups -OCH3 is 1. The fourth-order valence-electron chi connectivity index (χ4n) is 1.88. The Kier molecular flexibility index (Phi) is 8.00. The summed E-state index contributed by atoms with van der Waals surface area (Å²) >= 11 is 6.09. The number of hydrogen-bond donors (Lipinski definition) is 3. The van der Waals surface area contributed by atoms with E-state index in [1.165, 1.54) is 19.2 Å². The van der Waals surface area contributed by atoms with Gasteiger partial charge in [-0.05, 0) is 25.5 Å². The van der Waals surface area contributed by atoms with Crippen LogP contribution in [0.15, 0.2) is 12.1 Å². The van der Waals surface area contributed by atoms with Crippen LogP contribution in [-0.2, 0) is 9.59 Å². The van der Waals surface area contributed by atoms with Crippen LogP contribution in [0.3, 0.4) is 0 Å². The Hall–Kier alpha value is -2.48. The molecule has 1 rings (SSSR count). The second kappa shape index (κ2) is 9.73. The van der Waals surface area contributed by atoms with Crippen molar-refractivity contribution in [3.8, 4) is 11.5 Å². The number of rotatable bonds is 9. The minimum Gasteiger partial charge on any atom is -0.493 e. The first-order chi connectivity index (χ1) is 11.8. The number of nitrogens with one attached hydrogen (secondary N) is 2. The largest absolute Gasteiger partial charge is 0.493 e. The summed E-state index contributed by atoms with van der Waals surface area (Å²) in [4.78, 5) is 35.0. The summed E-state index contributed by atoms with van der Waals surface area (Å²) in [6.07, 6.45) is 0.798. The normalized spacial score (nSPS) is 11.4. The van der Waals surface area contributed by atoms with Gasteiger partial charge >= 0.3 is 0 Å². The van der Waals surface area contributed by atoms with E-state index in [9.17, 15) is 14.4 Å². The van der Waals surface area contributed by atoms with Crippen LogP contribution in [0.1, 0.15) is 30.6 Å². The third-order valence-electron chi connectivity index (χ3n) is 3.14. The van der Waals surface area contributed by atoms with Crippen molar-refractivity contribution in [1.82, 2.24) is 10.6 Å². The Morgan fingerprint density at radius 2 is 2.00 bits per heavy atom. The Balaban J connectivity index is 2.90. The molecule has 9 heteroatoms. The molecule has 0 aliphatic carbocycles. The highest BCUT2D eigenvalue weighted by molar-refractivity contribution is 6.32. The monoisotopic (exact) mass is 371 g/mol. The topological polar surface area (TPSA) is 120 Å². The van der Waals surface area contributed by atoms with Gasteiger partial charge in [0.05, 0.1) is 12.1 Å². The predicted octanol–water partition coefficient (Wildman–Crippen LogP) is 0.857. The second-order valence-electron chi connectivity index (χ2n) is 5.23. The average Bonchev–Trinajstić information content (AvgIpc) is 2.57. The van der Waals surface area contributed by atoms with E-state index >= 15 is 0 Å². The zero-order valence-electron chi connectivity index (χ0n) is 14.3. The number of benzene rings is 1. The number of primary amides is 1. The molecule has 1 aromatic carbocycles. The maximum atomic E-state index is 12.3. The van der Waals surface area contributed by atoms with E-state index in [1.54, 1.807) is 6.92 Å². The maximum absolute atomic E-state index is 12.3. The van der Waals surface area contributed by atoms with Crippen LogP contribution in [0.5, 0.6) is 11.5 Å². The molecular weight excluding hydrogens is 350 g/mol. The SMILES string of the molecule is CCCNC(=O)C(C)NC(=O)c1cc(Cl)c(OCC(N)=O)c(OC)c1. The van der Waals surface area contributed by atoms with Gasteiger partial charge in [0, 0.05) is 12.1 Å². The summed E-state index contributed by atoms with van der Waals surface area (Å²) in [5.74, 6) is -1.18. The van der Waals surface area contributed by atoms with Gasteiger partial charge in [-0.2, -0.15) is 0 Å². The van der Waals surface area contributed by atoms with Crippen molar-refractivity contribution >= 4 is 29.3 Å². The standard InChI is InChI=1S/C16H22ClN3O5/c1-4-5-19-15(22)9(2)20-16(23)10-6-11(17)14(12(7-10)24-3)25-8-13(18)21/h6-7,9H,4-5,8H2,1-3H3,(H2,18,21)(H,19,22)(H,20,23). The van der Waals surface area contributed by atoms with Crippen molar-refractivity contribution in [2.45, 2.75) is 26.3 Å². The molecular formula is C16H22ClN3O5. The first-order valence-electron chi connectivity index (χ1n) is 7.67. The van der Waals surface area contributed by atoms with E-state index in [4.69, 9.17) is 26.8 Å². The van der Waals surface area contributed by atoms with Gasteiger partial charge in [0.1, 0.15) is 6.04 Å². The minimum atomic E-state index is -0.713. The summed E-state index contributed by atoms with van der Waals surface area (Å²) in [6.45, 7) is 3.66. The molecule has 0 spiro atoms. The molecule has 138 valence electrons. The van der Waals surface area contributed by atoms with E-state index in [1.807, 2.05) is 6.92 Å². The molecule has 0 aliphatic rings. The lowest BCUT2D eigenvalue weighted by molar-refractivity contribution is -0.122. The van der Waals surface area contributed by atoms with Crippen LogP contribution in [0.2, 0.25) is 5.02 Å². The fourth-order valence-corrected chi connectivity index (χ4v) is 2.15. The smallest absolute Gasteiger partial charge is 0.255 e. The lowest BCUT2D eigenvalue weighted by Gasteiger charge is -2.16. The van der Waals surface area contributed by atoms with Gasteiger partial charge in [-0.3, -0.25) is 14.4 Å². The van der Waals surface area contributed by atoms with E-state index < -0.39 is 17.9 Å². The first-order valence-corrected chi connectivity index (χ1v) is 8.05. The maximum Gasteiger partial charge on any atom is 0.255 e. The van der Waals surface area contributed by atoms with Gasteiger partial charge in [0.25, 0.3) is 11.8 Å². The van der Waals surface area contributed by atoms with Crippen molar-refractivity contribution in [3.63, 3.8) is 0 Å². The van der Waals surface area contributed by atoms with Gasteiger partial charge in [0.2, 0.25) is 5.91 Å². The molecule has 0 saturated carbocycles. The van der Waals surface area contributed by atoms with E-state index in [-0.39, 0.29) is 34.6 Å². The number of hydrogen-bond acceptors (Lipinski definition) is 5. The minimum absolute atomic E-state index is 0.0776. The molecule has 3 amide bonds. The zero-order valence-corrected chi connectivity index (χ0v) is 15.1. The summed E-state index contributed by atoms with van der Waals surface area (Å²) in [5, 5.41) is 5.34. The Morgan fingerprint density at radius 1 is 1.32 bits per heavy atom. The molecule has 0 aliphatic heterocycles. The average molecular weight is 372 g/mol. The van der Waals surface area contributed by atoms with Crippen LogP contribution >= 0.6 is 11.6 Å². The molecule has 8 nitrogen and oxygen atoms in total. The molecule has 25 heavy (non-hydrogen) atoms. The first kappa shape index (κ1) is 20.6. The van der Waals surface area contributed by atoms with Crippen molar-refractivity contribution in [2.24, 2.45) is 5.73 Å². The quantitative estimate of drug-likeness (QED) is 0.594. The Bertz CT molecular complexity index is 651. The van der Waals surface area contributed by atoms with E-state index in [2.05, 4.69) is 10.6 Å². The van der Waals surface area contributed by atoms with Crippen LogP contribution < -0.4 is 25.8 Å². The molecule has 0 fully saturated rings. The third kappa shape index (κ3) is 6.15. The second-order valence-corrected chi connectivity index (χ2v) is 5.64. The number of ether oxygens (including phenoxy) is 2. The summed E-state index contributed by atoms with van der Waals surface area (Å²) in [5.41, 5.74) is 5.21. The molecule has 0 saturated heterocycles. The van der Waals surface area contributed by atoms with Crippen molar-refractivity contribution in [2.75, 3.05) is 20.3 Å². The van der Waals surface area contributed by atoms with E-state index in [0.29, 0.717) is 6.54 Å². The molecule has 0 bridgehead atoms. The number of amides is 3. The Labute approximate surface area is 151 Å². The van der Waals surface area contributed by atoms with Crippen molar-refractivity contribution < 1.29 is 23.9 Å². The summed E-state index contributed by atoms with van der Waals surface area (Å²) in [6, 6.07) is 2.04. The molecule has 1 aromatic rings. The van der Waals surface area contributed by atoms with E-state index in [0.717, 1.165) is 6.42 Å². The van der Waals surface area contributed by atoms with Crippen molar-refractivity contribution in [3.05, 3.63) is 22.7 Å². The molecule has 0 radical (unpaired) electrons. The van der Waals surface area contributed by atoms with Crippen LogP contribution in [-0.4, -0.2) is 44.0 Å². The highest BCUT2D eigenvalue weighted by atomic mass is 35.5. The zero-order chi connectivity index (χ0) is 19.0. The van der Waals surface area contributed by atoms with Crippen molar-refractivity contribution in [1.29, 1.82) is 0 Å². The van der Waals surface area contributed by atoms with Crippen LogP contribution in [0.4, 0.5) is 0 Å². The molecule has 4 N–H and O–H groups in total. The number of carbonyl (C=O) groups is 3. The number of carbonyl (C=O) groups excluding carboxylic acids is 3. The molecule has 0 aromatic heterocycles. The molecule has 1 unspecified atom stereocenters. The summed E-state index contributed by atoms with van der Waals surface area (Å²) < 4.78 is 10.3. The lowest BCUT2D eigenvalue weighted by atomic mass is 10.1. The highest BCUT2D eigenvalue weighted by Gasteiger charge is 2.20. The van der Waals surface area contributed by atoms with Gasteiger partial charge in [0.15, 0.2) is 18.1 Å². The third-order valence-corrected chi connectivity index (χ3v) is 3.42. The van der Waals surface area contributed by atoms with Gasteiger partial charge in [-0.1, -0.05) is 18.5 Å². The highest BCUT2D eigenvalue weighted by Crippen LogP contribution is 2.36.